The first-order chi connectivity index (χ1) is 21.8. The number of hydrogen-bond acceptors (Lipinski definition) is 5. The summed E-state index contributed by atoms with van der Waals surface area (Å²) < 4.78 is 20.1. The van der Waals surface area contributed by atoms with Gasteiger partial charge in [-0.25, -0.2) is 9.18 Å². The molecule has 46 heavy (non-hydrogen) atoms. The van der Waals surface area contributed by atoms with Crippen molar-refractivity contribution in [3.8, 4) is 0 Å². The van der Waals surface area contributed by atoms with E-state index in [0.29, 0.717) is 42.9 Å². The monoisotopic (exact) mass is 630 g/mol. The summed E-state index contributed by atoms with van der Waals surface area (Å²) in [6.07, 6.45) is 0.282. The van der Waals surface area contributed by atoms with Crippen molar-refractivity contribution < 1.29 is 28.3 Å². The summed E-state index contributed by atoms with van der Waals surface area (Å²) in [4.78, 5) is 56.5. The number of ether oxygens (including phenoxy) is 1. The number of carbonyl (C=O) groups excluding carboxylic acids is 4. The zero-order valence-electron chi connectivity index (χ0n) is 27.1. The Morgan fingerprint density at radius 2 is 1.57 bits per heavy atom. The third-order valence-corrected chi connectivity index (χ3v) is 7.65. The lowest BCUT2D eigenvalue weighted by Gasteiger charge is -2.37. The molecule has 3 aromatic carbocycles. The lowest BCUT2D eigenvalue weighted by atomic mass is 9.93. The maximum absolute atomic E-state index is 14.6. The maximum Gasteiger partial charge on any atom is 0.410 e. The number of hydrogen-bond donors (Lipinski definition) is 2. The Morgan fingerprint density at radius 1 is 0.913 bits per heavy atom. The van der Waals surface area contributed by atoms with Crippen LogP contribution in [0.15, 0.2) is 78.9 Å². The van der Waals surface area contributed by atoms with Gasteiger partial charge in [0.05, 0.1) is 0 Å². The Morgan fingerprint density at radius 3 is 2.15 bits per heavy atom. The average molecular weight is 631 g/mol. The number of anilines is 2. The number of benzene rings is 3. The standard InChI is InChI=1S/C36H43FN4O5/c1-24(2)32(42)39-29-14-16-30(17-15-29)41(34(44)26-18-20-40(21-19-26)35(45)46-36(3,4)5)31(27-12-9-13-28(37)22-27)33(43)38-23-25-10-7-6-8-11-25/h6-17,22,24,26,31H,18-21,23H2,1-5H3,(H,38,43)(H,39,42). The molecule has 1 aliphatic rings. The molecule has 9 nitrogen and oxygen atoms in total. The van der Waals surface area contributed by atoms with E-state index in [-0.39, 0.29) is 24.3 Å². The van der Waals surface area contributed by atoms with E-state index in [1.807, 2.05) is 30.3 Å². The first-order valence-corrected chi connectivity index (χ1v) is 15.6. The van der Waals surface area contributed by atoms with Crippen molar-refractivity contribution in [1.82, 2.24) is 10.2 Å². The van der Waals surface area contributed by atoms with Gasteiger partial charge in [-0.05, 0) is 81.1 Å². The van der Waals surface area contributed by atoms with Crippen LogP contribution in [0.1, 0.15) is 64.6 Å². The van der Waals surface area contributed by atoms with Gasteiger partial charge in [-0.15, -0.1) is 0 Å². The molecule has 4 rings (SSSR count). The van der Waals surface area contributed by atoms with Crippen LogP contribution >= 0.6 is 0 Å². The summed E-state index contributed by atoms with van der Waals surface area (Å²) in [5.74, 6) is -2.25. The second-order valence-electron chi connectivity index (χ2n) is 12.8. The zero-order valence-corrected chi connectivity index (χ0v) is 27.1. The quantitative estimate of drug-likeness (QED) is 0.282. The van der Waals surface area contributed by atoms with Crippen LogP contribution in [0.5, 0.6) is 0 Å². The molecule has 3 aromatic rings. The fraction of sp³-hybridized carbons (Fsp3) is 0.389. The van der Waals surface area contributed by atoms with Crippen molar-refractivity contribution in [2.24, 2.45) is 11.8 Å². The molecule has 0 radical (unpaired) electrons. The van der Waals surface area contributed by atoms with Crippen LogP contribution in [-0.2, 0) is 25.7 Å². The number of amides is 4. The van der Waals surface area contributed by atoms with Gasteiger partial charge in [-0.1, -0.05) is 56.3 Å². The van der Waals surface area contributed by atoms with Crippen molar-refractivity contribution >= 4 is 35.2 Å². The fourth-order valence-electron chi connectivity index (χ4n) is 5.20. The van der Waals surface area contributed by atoms with Crippen molar-refractivity contribution in [2.45, 2.75) is 65.6 Å². The molecule has 1 saturated heterocycles. The van der Waals surface area contributed by atoms with Crippen LogP contribution < -0.4 is 15.5 Å². The first kappa shape index (κ1) is 34.1. The molecule has 0 bridgehead atoms. The Labute approximate surface area is 270 Å². The molecule has 0 saturated carbocycles. The molecule has 0 aliphatic carbocycles. The van der Waals surface area contributed by atoms with E-state index in [1.165, 1.54) is 23.1 Å². The second kappa shape index (κ2) is 15.0. The summed E-state index contributed by atoms with van der Waals surface area (Å²) >= 11 is 0. The third-order valence-electron chi connectivity index (χ3n) is 7.65. The number of nitrogens with zero attached hydrogens (tertiary/aromatic N) is 2. The van der Waals surface area contributed by atoms with Gasteiger partial charge in [0.25, 0.3) is 0 Å². The summed E-state index contributed by atoms with van der Waals surface area (Å²) in [5, 5.41) is 5.78. The number of rotatable bonds is 9. The highest BCUT2D eigenvalue weighted by Gasteiger charge is 2.38. The van der Waals surface area contributed by atoms with Crippen molar-refractivity contribution in [1.29, 1.82) is 0 Å². The SMILES string of the molecule is CC(C)C(=O)Nc1ccc(N(C(=O)C2CCN(C(=O)OC(C)(C)C)CC2)C(C(=O)NCc2ccccc2)c2cccc(F)c2)cc1. The highest BCUT2D eigenvalue weighted by molar-refractivity contribution is 6.02. The van der Waals surface area contributed by atoms with Crippen LogP contribution in [0.3, 0.4) is 0 Å². The number of piperidine rings is 1. The zero-order chi connectivity index (χ0) is 33.4. The van der Waals surface area contributed by atoms with Crippen LogP contribution in [0, 0.1) is 17.7 Å². The molecule has 2 N–H and O–H groups in total. The van der Waals surface area contributed by atoms with Gasteiger partial charge >= 0.3 is 6.09 Å². The normalized spacial score (nSPS) is 14.4. The minimum absolute atomic E-state index is 0.157. The smallest absolute Gasteiger partial charge is 0.410 e. The number of likely N-dealkylation sites (tertiary alicyclic amines) is 1. The van der Waals surface area contributed by atoms with Crippen LogP contribution in [0.25, 0.3) is 0 Å². The lowest BCUT2D eigenvalue weighted by Crippen LogP contribution is -2.49. The van der Waals surface area contributed by atoms with E-state index in [0.717, 1.165) is 5.56 Å². The van der Waals surface area contributed by atoms with Gasteiger partial charge < -0.3 is 20.3 Å². The third kappa shape index (κ3) is 9.15. The van der Waals surface area contributed by atoms with Gasteiger partial charge in [-0.3, -0.25) is 19.3 Å². The van der Waals surface area contributed by atoms with Crippen molar-refractivity contribution in [3.63, 3.8) is 0 Å². The molecule has 1 aliphatic heterocycles. The lowest BCUT2D eigenvalue weighted by molar-refractivity contribution is -0.129. The van der Waals surface area contributed by atoms with Crippen molar-refractivity contribution in [3.05, 3.63) is 95.8 Å². The predicted molar refractivity (Wildman–Crippen MR) is 175 cm³/mol. The fourth-order valence-corrected chi connectivity index (χ4v) is 5.20. The second-order valence-corrected chi connectivity index (χ2v) is 12.8. The van der Waals surface area contributed by atoms with E-state index >= 15 is 0 Å². The molecule has 0 aromatic heterocycles. The Balaban J connectivity index is 1.68. The van der Waals surface area contributed by atoms with E-state index in [2.05, 4.69) is 10.6 Å². The molecule has 244 valence electrons. The molecule has 4 amide bonds. The highest BCUT2D eigenvalue weighted by atomic mass is 19.1. The molecule has 10 heteroatoms. The van der Waals surface area contributed by atoms with Gasteiger partial charge in [0.1, 0.15) is 17.5 Å². The number of nitrogens with one attached hydrogen (secondary N) is 2. The van der Waals surface area contributed by atoms with Gasteiger partial charge in [0.15, 0.2) is 0 Å². The summed E-state index contributed by atoms with van der Waals surface area (Å²) in [7, 11) is 0. The van der Waals surface area contributed by atoms with Gasteiger partial charge in [0.2, 0.25) is 17.7 Å². The number of carbonyl (C=O) groups is 4. The Kier molecular flexibility index (Phi) is 11.2. The Hall–Kier alpha value is -4.73. The van der Waals surface area contributed by atoms with E-state index < -0.39 is 35.4 Å². The van der Waals surface area contributed by atoms with Gasteiger partial charge in [0, 0.05) is 42.8 Å². The minimum atomic E-state index is -1.20. The summed E-state index contributed by atoms with van der Waals surface area (Å²) in [6, 6.07) is 20.5. The number of halogens is 1. The molecule has 1 atom stereocenters. The molecular weight excluding hydrogens is 587 g/mol. The molecule has 1 unspecified atom stereocenters. The van der Waals surface area contributed by atoms with Crippen molar-refractivity contribution in [2.75, 3.05) is 23.3 Å². The largest absolute Gasteiger partial charge is 0.444 e. The Bertz CT molecular complexity index is 1510. The summed E-state index contributed by atoms with van der Waals surface area (Å²) in [6.45, 7) is 9.80. The molecule has 1 fully saturated rings. The minimum Gasteiger partial charge on any atom is -0.444 e. The van der Waals surface area contributed by atoms with Crippen LogP contribution in [0.2, 0.25) is 0 Å². The first-order valence-electron chi connectivity index (χ1n) is 15.6. The average Bonchev–Trinajstić information content (AvgIpc) is 3.02. The molecule has 0 spiro atoms. The summed E-state index contributed by atoms with van der Waals surface area (Å²) in [5.41, 5.74) is 1.48. The topological polar surface area (TPSA) is 108 Å². The maximum atomic E-state index is 14.6. The van der Waals surface area contributed by atoms with Crippen LogP contribution in [-0.4, -0.2) is 47.4 Å². The highest BCUT2D eigenvalue weighted by Crippen LogP contribution is 2.33. The van der Waals surface area contributed by atoms with E-state index in [1.54, 1.807) is 69.9 Å². The van der Waals surface area contributed by atoms with E-state index in [9.17, 15) is 23.6 Å². The molecular formula is C36H43FN4O5. The predicted octanol–water partition coefficient (Wildman–Crippen LogP) is 6.46. The van der Waals surface area contributed by atoms with E-state index in [4.69, 9.17) is 4.74 Å². The molecule has 1 heterocycles. The van der Waals surface area contributed by atoms with Gasteiger partial charge in [-0.2, -0.15) is 0 Å². The van der Waals surface area contributed by atoms with Crippen LogP contribution in [0.4, 0.5) is 20.6 Å².